The molecule has 0 aliphatic heterocycles. The van der Waals surface area contributed by atoms with Crippen molar-refractivity contribution in [1.29, 1.82) is 0 Å². The summed E-state index contributed by atoms with van der Waals surface area (Å²) in [6, 6.07) is 7.36. The van der Waals surface area contributed by atoms with E-state index in [1.54, 1.807) is 0 Å². The Labute approximate surface area is 118 Å². The number of Topliss-reactive ketones (excluding diaryl/α,β-unsaturated/α-hetero) is 2. The van der Waals surface area contributed by atoms with Crippen molar-refractivity contribution >= 4 is 11.6 Å². The molecule has 0 spiro atoms. The van der Waals surface area contributed by atoms with Crippen LogP contribution in [0.2, 0.25) is 0 Å². The lowest BCUT2D eigenvalue weighted by Crippen LogP contribution is -2.43. The van der Waals surface area contributed by atoms with Crippen LogP contribution in [0.25, 0.3) is 0 Å². The summed E-state index contributed by atoms with van der Waals surface area (Å²) in [5.74, 6) is 0.531. The summed E-state index contributed by atoms with van der Waals surface area (Å²) in [6.45, 7) is 0. The number of rotatable bonds is 0. The average molecular weight is 266 g/mol. The van der Waals surface area contributed by atoms with E-state index in [9.17, 15) is 9.59 Å². The normalized spacial score (nSPS) is 32.0. The molecular formula is C18H18O2. The van der Waals surface area contributed by atoms with E-state index in [0.29, 0.717) is 17.0 Å². The van der Waals surface area contributed by atoms with E-state index in [2.05, 4.69) is 6.08 Å². The molecule has 20 heavy (non-hydrogen) atoms. The van der Waals surface area contributed by atoms with Crippen molar-refractivity contribution in [1.82, 2.24) is 0 Å². The van der Waals surface area contributed by atoms with Gasteiger partial charge in [0.05, 0.1) is 0 Å². The van der Waals surface area contributed by atoms with Crippen LogP contribution in [-0.4, -0.2) is 11.6 Å². The minimum atomic E-state index is -0.107. The highest BCUT2D eigenvalue weighted by Crippen LogP contribution is 2.47. The molecule has 3 aliphatic carbocycles. The average Bonchev–Trinajstić information content (AvgIpc) is 2.51. The zero-order valence-electron chi connectivity index (χ0n) is 11.5. The van der Waals surface area contributed by atoms with Crippen LogP contribution in [0.1, 0.15) is 52.8 Å². The van der Waals surface area contributed by atoms with Crippen molar-refractivity contribution in [3.8, 4) is 0 Å². The second-order valence-corrected chi connectivity index (χ2v) is 6.27. The van der Waals surface area contributed by atoms with Gasteiger partial charge in [0.25, 0.3) is 0 Å². The van der Waals surface area contributed by atoms with Crippen LogP contribution < -0.4 is 0 Å². The fourth-order valence-corrected chi connectivity index (χ4v) is 4.36. The van der Waals surface area contributed by atoms with Crippen LogP contribution >= 0.6 is 0 Å². The summed E-state index contributed by atoms with van der Waals surface area (Å²) < 4.78 is 0. The molecular weight excluding hydrogens is 248 g/mol. The van der Waals surface area contributed by atoms with Crippen molar-refractivity contribution in [3.63, 3.8) is 0 Å². The first-order valence-corrected chi connectivity index (χ1v) is 7.64. The van der Waals surface area contributed by atoms with Crippen molar-refractivity contribution in [3.05, 3.63) is 47.0 Å². The molecule has 3 atom stereocenters. The second-order valence-electron chi connectivity index (χ2n) is 6.27. The van der Waals surface area contributed by atoms with Crippen LogP contribution in [0, 0.1) is 17.8 Å². The summed E-state index contributed by atoms with van der Waals surface area (Å²) in [6.07, 6.45) is 7.64. The van der Waals surface area contributed by atoms with E-state index >= 15 is 0 Å². The number of allylic oxidation sites excluding steroid dienone is 2. The summed E-state index contributed by atoms with van der Waals surface area (Å²) in [5.41, 5.74) is 2.75. The van der Waals surface area contributed by atoms with Crippen molar-refractivity contribution in [2.45, 2.75) is 32.1 Å². The van der Waals surface area contributed by atoms with Gasteiger partial charge in [-0.3, -0.25) is 9.59 Å². The smallest absolute Gasteiger partial charge is 0.168 e. The second kappa shape index (κ2) is 4.41. The topological polar surface area (TPSA) is 34.1 Å². The molecule has 0 heterocycles. The number of carbonyl (C=O) groups is 2. The highest BCUT2D eigenvalue weighted by atomic mass is 16.1. The minimum absolute atomic E-state index is 0.0855. The van der Waals surface area contributed by atoms with E-state index < -0.39 is 0 Å². The Morgan fingerprint density at radius 3 is 2.45 bits per heavy atom. The molecule has 0 amide bonds. The molecule has 1 aromatic rings. The summed E-state index contributed by atoms with van der Waals surface area (Å²) in [7, 11) is 0. The maximum Gasteiger partial charge on any atom is 0.168 e. The van der Waals surface area contributed by atoms with Gasteiger partial charge < -0.3 is 0 Å². The van der Waals surface area contributed by atoms with Crippen LogP contribution in [0.3, 0.4) is 0 Å². The monoisotopic (exact) mass is 266 g/mol. The summed E-state index contributed by atoms with van der Waals surface area (Å²) in [4.78, 5) is 25.6. The Hall–Kier alpha value is -1.70. The van der Waals surface area contributed by atoms with Gasteiger partial charge in [-0.2, -0.15) is 0 Å². The lowest BCUT2D eigenvalue weighted by molar-refractivity contribution is 0.0651. The van der Waals surface area contributed by atoms with Gasteiger partial charge in [0.2, 0.25) is 0 Å². The van der Waals surface area contributed by atoms with Gasteiger partial charge in [-0.1, -0.05) is 42.3 Å². The van der Waals surface area contributed by atoms with Crippen molar-refractivity contribution < 1.29 is 9.59 Å². The molecule has 0 radical (unpaired) electrons. The Bertz CT molecular complexity index is 626. The first-order chi connectivity index (χ1) is 9.77. The van der Waals surface area contributed by atoms with E-state index in [-0.39, 0.29) is 23.4 Å². The van der Waals surface area contributed by atoms with Gasteiger partial charge in [0.1, 0.15) is 0 Å². The van der Waals surface area contributed by atoms with Gasteiger partial charge in [-0.15, -0.1) is 0 Å². The highest BCUT2D eigenvalue weighted by molar-refractivity contribution is 6.16. The Kier molecular flexibility index (Phi) is 2.66. The molecule has 1 saturated carbocycles. The van der Waals surface area contributed by atoms with E-state index in [4.69, 9.17) is 0 Å². The predicted octanol–water partition coefficient (Wildman–Crippen LogP) is 3.82. The van der Waals surface area contributed by atoms with Gasteiger partial charge in [0.15, 0.2) is 11.6 Å². The highest BCUT2D eigenvalue weighted by Gasteiger charge is 2.47. The molecule has 0 N–H and O–H groups in total. The zero-order chi connectivity index (χ0) is 13.7. The van der Waals surface area contributed by atoms with Crippen molar-refractivity contribution in [2.75, 3.05) is 0 Å². The first-order valence-electron chi connectivity index (χ1n) is 7.64. The largest absolute Gasteiger partial charge is 0.294 e. The van der Waals surface area contributed by atoms with Crippen LogP contribution in [0.4, 0.5) is 0 Å². The molecule has 102 valence electrons. The number of fused-ring (bicyclic) bond motifs is 4. The third kappa shape index (κ3) is 1.57. The van der Waals surface area contributed by atoms with Gasteiger partial charge in [-0.25, -0.2) is 0 Å². The fourth-order valence-electron chi connectivity index (χ4n) is 4.36. The lowest BCUT2D eigenvalue weighted by atomic mass is 9.60. The molecule has 0 saturated heterocycles. The number of ketones is 2. The summed E-state index contributed by atoms with van der Waals surface area (Å²) in [5, 5.41) is 0. The molecule has 3 aliphatic rings. The van der Waals surface area contributed by atoms with Gasteiger partial charge in [0, 0.05) is 23.0 Å². The third-order valence-corrected chi connectivity index (χ3v) is 5.31. The zero-order valence-corrected chi connectivity index (χ0v) is 11.5. The molecule has 2 heteroatoms. The minimum Gasteiger partial charge on any atom is -0.294 e. The Balaban J connectivity index is 1.83. The molecule has 0 bridgehead atoms. The lowest BCUT2D eigenvalue weighted by Gasteiger charge is -2.42. The first kappa shape index (κ1) is 12.1. The maximum absolute atomic E-state index is 12.9. The molecule has 0 aromatic heterocycles. The van der Waals surface area contributed by atoms with E-state index in [1.807, 2.05) is 24.3 Å². The summed E-state index contributed by atoms with van der Waals surface area (Å²) >= 11 is 0. The van der Waals surface area contributed by atoms with E-state index in [1.165, 1.54) is 18.4 Å². The van der Waals surface area contributed by atoms with Gasteiger partial charge in [-0.05, 0) is 31.6 Å². The standard InChI is InChI=1S/C18H18O2/c19-17-13-7-3-4-8-14(13)18(20)16-12-6-2-1-5-11(12)9-10-15(16)17/h3-4,7-9,12,15-16H,1-2,5-6,10H2/t12-,15+,16-/m0/s1. The molecule has 1 aromatic carbocycles. The number of hydrogen-bond acceptors (Lipinski definition) is 2. The van der Waals surface area contributed by atoms with Crippen LogP contribution in [0.5, 0.6) is 0 Å². The molecule has 1 fully saturated rings. The van der Waals surface area contributed by atoms with E-state index in [0.717, 1.165) is 19.3 Å². The number of benzene rings is 1. The van der Waals surface area contributed by atoms with Gasteiger partial charge >= 0.3 is 0 Å². The predicted molar refractivity (Wildman–Crippen MR) is 76.7 cm³/mol. The maximum atomic E-state index is 12.9. The third-order valence-electron chi connectivity index (χ3n) is 5.31. The van der Waals surface area contributed by atoms with Crippen LogP contribution in [-0.2, 0) is 0 Å². The molecule has 0 unspecified atom stereocenters. The van der Waals surface area contributed by atoms with Crippen LogP contribution in [0.15, 0.2) is 35.9 Å². The SMILES string of the molecule is O=C1c2ccccc2C(=O)[C@@H]2CC=C3CCCC[C@@H]3[C@H]12. The Morgan fingerprint density at radius 2 is 1.65 bits per heavy atom. The number of carbonyl (C=O) groups excluding carboxylic acids is 2. The van der Waals surface area contributed by atoms with Crippen molar-refractivity contribution in [2.24, 2.45) is 17.8 Å². The molecule has 2 nitrogen and oxygen atoms in total. The fraction of sp³-hybridized carbons (Fsp3) is 0.444. The Morgan fingerprint density at radius 1 is 0.900 bits per heavy atom. The number of hydrogen-bond donors (Lipinski definition) is 0. The quantitative estimate of drug-likeness (QED) is 0.669. The molecule has 4 rings (SSSR count).